The molecule has 66 valence electrons. The van der Waals surface area contributed by atoms with Crippen molar-refractivity contribution in [3.63, 3.8) is 0 Å². The highest BCUT2D eigenvalue weighted by Crippen LogP contribution is 2.20. The Labute approximate surface area is 70.0 Å². The first kappa shape index (κ1) is 8.61. The highest BCUT2D eigenvalue weighted by Gasteiger charge is 2.04. The van der Waals surface area contributed by atoms with E-state index >= 15 is 0 Å². The second kappa shape index (κ2) is 3.27. The molecule has 5 heteroatoms. The van der Waals surface area contributed by atoms with Crippen LogP contribution in [0.1, 0.15) is 6.92 Å². The normalized spacial score (nSPS) is 12.5. The van der Waals surface area contributed by atoms with Gasteiger partial charge in [-0.3, -0.25) is 0 Å². The quantitative estimate of drug-likeness (QED) is 0.540. The van der Waals surface area contributed by atoms with Gasteiger partial charge in [0.1, 0.15) is 0 Å². The van der Waals surface area contributed by atoms with E-state index in [1.54, 1.807) is 0 Å². The number of aliphatic hydroxyl groups is 1. The van der Waals surface area contributed by atoms with Crippen LogP contribution < -0.4 is 16.2 Å². The lowest BCUT2D eigenvalue weighted by molar-refractivity contribution is -0.00305. The zero-order valence-corrected chi connectivity index (χ0v) is 6.69. The molecule has 0 fully saturated rings. The molecule has 1 unspecified atom stereocenters. The van der Waals surface area contributed by atoms with Crippen molar-refractivity contribution in [3.8, 4) is 5.88 Å². The number of nitrogens with zero attached hydrogens (tertiary/aromatic N) is 1. The summed E-state index contributed by atoms with van der Waals surface area (Å²) in [6, 6.07) is 1.52. The van der Waals surface area contributed by atoms with Gasteiger partial charge < -0.3 is 21.3 Å². The van der Waals surface area contributed by atoms with Gasteiger partial charge in [-0.15, -0.1) is 0 Å². The van der Waals surface area contributed by atoms with Gasteiger partial charge in [-0.2, -0.15) is 0 Å². The highest BCUT2D eigenvalue weighted by molar-refractivity contribution is 5.55. The highest BCUT2D eigenvalue weighted by atomic mass is 16.6. The summed E-state index contributed by atoms with van der Waals surface area (Å²) in [4.78, 5) is 3.79. The van der Waals surface area contributed by atoms with Gasteiger partial charge in [0.15, 0.2) is 6.29 Å². The lowest BCUT2D eigenvalue weighted by Crippen LogP contribution is -2.12. The zero-order chi connectivity index (χ0) is 9.14. The van der Waals surface area contributed by atoms with Gasteiger partial charge in [-0.25, -0.2) is 4.98 Å². The molecular formula is C7H11N3O2. The van der Waals surface area contributed by atoms with E-state index in [-0.39, 0.29) is 5.88 Å². The van der Waals surface area contributed by atoms with E-state index in [2.05, 4.69) is 4.98 Å². The third kappa shape index (κ3) is 2.00. The van der Waals surface area contributed by atoms with Gasteiger partial charge in [0.25, 0.3) is 0 Å². The maximum absolute atomic E-state index is 8.85. The lowest BCUT2D eigenvalue weighted by Gasteiger charge is -2.09. The second-order valence-corrected chi connectivity index (χ2v) is 2.38. The molecule has 0 spiro atoms. The molecule has 0 aromatic carbocycles. The minimum absolute atomic E-state index is 0.194. The monoisotopic (exact) mass is 169 g/mol. The van der Waals surface area contributed by atoms with E-state index < -0.39 is 6.29 Å². The van der Waals surface area contributed by atoms with Gasteiger partial charge in [0, 0.05) is 0 Å². The largest absolute Gasteiger partial charge is 0.447 e. The summed E-state index contributed by atoms with van der Waals surface area (Å²) in [5, 5.41) is 8.85. The molecule has 0 saturated heterocycles. The smallest absolute Gasteiger partial charge is 0.239 e. The van der Waals surface area contributed by atoms with Crippen molar-refractivity contribution in [2.75, 3.05) is 11.5 Å². The molecule has 0 aliphatic heterocycles. The molecule has 1 atom stereocenters. The van der Waals surface area contributed by atoms with Crippen molar-refractivity contribution in [3.05, 3.63) is 12.3 Å². The average Bonchev–Trinajstić information content (AvgIpc) is 1.94. The number of rotatable bonds is 2. The van der Waals surface area contributed by atoms with E-state index in [1.807, 2.05) is 0 Å². The lowest BCUT2D eigenvalue weighted by atomic mass is 10.4. The van der Waals surface area contributed by atoms with Gasteiger partial charge in [-0.05, 0) is 13.0 Å². The number of ether oxygens (including phenoxy) is 1. The van der Waals surface area contributed by atoms with Crippen LogP contribution in [0, 0.1) is 0 Å². The molecule has 1 aromatic heterocycles. The van der Waals surface area contributed by atoms with Crippen LogP contribution in [0.15, 0.2) is 12.3 Å². The number of hydrogen-bond acceptors (Lipinski definition) is 5. The van der Waals surface area contributed by atoms with Gasteiger partial charge in [0.2, 0.25) is 5.88 Å². The van der Waals surface area contributed by atoms with Crippen molar-refractivity contribution in [2.24, 2.45) is 0 Å². The minimum Gasteiger partial charge on any atom is -0.447 e. The first-order chi connectivity index (χ1) is 5.59. The van der Waals surface area contributed by atoms with E-state index in [4.69, 9.17) is 21.3 Å². The Balaban J connectivity index is 2.86. The molecule has 0 aliphatic carbocycles. The fourth-order valence-corrected chi connectivity index (χ4v) is 0.746. The van der Waals surface area contributed by atoms with Crippen LogP contribution in [0.25, 0.3) is 0 Å². The first-order valence-electron chi connectivity index (χ1n) is 3.45. The van der Waals surface area contributed by atoms with Crippen LogP contribution in [0.5, 0.6) is 5.88 Å². The molecule has 1 heterocycles. The molecule has 0 radical (unpaired) electrons. The van der Waals surface area contributed by atoms with Crippen LogP contribution in [-0.4, -0.2) is 16.4 Å². The number of hydrogen-bond donors (Lipinski definition) is 3. The molecule has 0 aliphatic rings. The molecule has 5 nitrogen and oxygen atoms in total. The summed E-state index contributed by atoms with van der Waals surface area (Å²) >= 11 is 0. The topological polar surface area (TPSA) is 94.4 Å². The Morgan fingerprint density at radius 2 is 2.25 bits per heavy atom. The van der Waals surface area contributed by atoms with Crippen molar-refractivity contribution >= 4 is 11.4 Å². The predicted molar refractivity (Wildman–Crippen MR) is 45.4 cm³/mol. The first-order valence-corrected chi connectivity index (χ1v) is 3.45. The van der Waals surface area contributed by atoms with Crippen molar-refractivity contribution in [1.82, 2.24) is 4.98 Å². The van der Waals surface area contributed by atoms with Crippen molar-refractivity contribution < 1.29 is 9.84 Å². The van der Waals surface area contributed by atoms with Crippen molar-refractivity contribution in [1.29, 1.82) is 0 Å². The second-order valence-electron chi connectivity index (χ2n) is 2.38. The number of aliphatic hydroxyl groups excluding tert-OH is 1. The Hall–Kier alpha value is -1.49. The van der Waals surface area contributed by atoms with Crippen LogP contribution in [0.2, 0.25) is 0 Å². The number of anilines is 2. The number of nitrogen functional groups attached to an aromatic ring is 2. The fraction of sp³-hybridized carbons (Fsp3) is 0.286. The summed E-state index contributed by atoms with van der Waals surface area (Å²) in [6.07, 6.45) is 0.483. The van der Waals surface area contributed by atoms with E-state index in [0.717, 1.165) is 0 Å². The molecular weight excluding hydrogens is 158 g/mol. The van der Waals surface area contributed by atoms with E-state index in [1.165, 1.54) is 19.2 Å². The van der Waals surface area contributed by atoms with Crippen molar-refractivity contribution in [2.45, 2.75) is 13.2 Å². The van der Waals surface area contributed by atoms with Crippen LogP contribution in [-0.2, 0) is 0 Å². The third-order valence-corrected chi connectivity index (χ3v) is 1.18. The zero-order valence-electron chi connectivity index (χ0n) is 6.69. The minimum atomic E-state index is -0.927. The molecule has 1 aromatic rings. The third-order valence-electron chi connectivity index (χ3n) is 1.18. The molecule has 12 heavy (non-hydrogen) atoms. The fourth-order valence-electron chi connectivity index (χ4n) is 0.746. The Morgan fingerprint density at radius 3 is 2.75 bits per heavy atom. The molecule has 0 amide bonds. The molecule has 1 rings (SSSR count). The predicted octanol–water partition coefficient (Wildman–Crippen LogP) is -0.0369. The van der Waals surface area contributed by atoms with Crippen LogP contribution in [0.3, 0.4) is 0 Å². The van der Waals surface area contributed by atoms with Gasteiger partial charge in [-0.1, -0.05) is 0 Å². The maximum Gasteiger partial charge on any atom is 0.239 e. The average molecular weight is 169 g/mol. The van der Waals surface area contributed by atoms with E-state index in [9.17, 15) is 0 Å². The Kier molecular flexibility index (Phi) is 2.35. The van der Waals surface area contributed by atoms with Gasteiger partial charge >= 0.3 is 0 Å². The SMILES string of the molecule is CC(O)Oc1ncc(N)cc1N. The Morgan fingerprint density at radius 1 is 1.58 bits per heavy atom. The number of aromatic nitrogens is 1. The van der Waals surface area contributed by atoms with E-state index in [0.29, 0.717) is 11.4 Å². The summed E-state index contributed by atoms with van der Waals surface area (Å²) in [7, 11) is 0. The van der Waals surface area contributed by atoms with Crippen LogP contribution in [0.4, 0.5) is 11.4 Å². The Bertz CT molecular complexity index is 275. The summed E-state index contributed by atoms with van der Waals surface area (Å²) < 4.78 is 4.86. The molecule has 0 saturated carbocycles. The summed E-state index contributed by atoms with van der Waals surface area (Å²) in [6.45, 7) is 1.47. The molecule has 0 bridgehead atoms. The summed E-state index contributed by atoms with van der Waals surface area (Å²) in [5.74, 6) is 0.194. The maximum atomic E-state index is 8.85. The van der Waals surface area contributed by atoms with Crippen LogP contribution >= 0.6 is 0 Å². The molecule has 5 N–H and O–H groups in total. The summed E-state index contributed by atoms with van der Waals surface area (Å²) in [5.41, 5.74) is 11.7. The van der Waals surface area contributed by atoms with Gasteiger partial charge in [0.05, 0.1) is 17.6 Å². The number of nitrogens with two attached hydrogens (primary N) is 2. The standard InChI is InChI=1S/C7H11N3O2/c1-4(11)12-7-6(9)2-5(8)3-10-7/h2-4,11H,8-9H2,1H3. The number of pyridine rings is 1.